The zero-order chi connectivity index (χ0) is 18.6. The molecule has 0 radical (unpaired) electrons. The number of aliphatic carboxylic acids is 1. The van der Waals surface area contributed by atoms with Gasteiger partial charge in [0.05, 0.1) is 12.0 Å². The van der Waals surface area contributed by atoms with Crippen LogP contribution in [0.15, 0.2) is 23.1 Å². The summed E-state index contributed by atoms with van der Waals surface area (Å²) in [6, 6.07) is 4.09. The molecule has 0 aromatic heterocycles. The number of hydrogen-bond donors (Lipinski definition) is 1. The molecule has 25 heavy (non-hydrogen) atoms. The third-order valence-corrected chi connectivity index (χ3v) is 4.70. The van der Waals surface area contributed by atoms with Gasteiger partial charge in [0.25, 0.3) is 5.91 Å². The number of nitrogens with zero attached hydrogens (tertiary/aromatic N) is 1. The lowest BCUT2D eigenvalue weighted by Crippen LogP contribution is -2.41. The molecule has 1 aliphatic rings. The molecule has 0 saturated carbocycles. The van der Waals surface area contributed by atoms with Crippen molar-refractivity contribution in [2.24, 2.45) is 0 Å². The van der Waals surface area contributed by atoms with Crippen LogP contribution in [0.4, 0.5) is 0 Å². The molecule has 8 heteroatoms. The monoisotopic (exact) mass is 377 g/mol. The topological polar surface area (TPSA) is 76.1 Å². The van der Waals surface area contributed by atoms with E-state index >= 15 is 0 Å². The van der Waals surface area contributed by atoms with Crippen molar-refractivity contribution in [2.75, 3.05) is 13.7 Å². The van der Waals surface area contributed by atoms with Gasteiger partial charge in [-0.05, 0) is 30.7 Å². The quantitative estimate of drug-likeness (QED) is 0.463. The maximum Gasteiger partial charge on any atom is 0.326 e. The Kier molecular flexibility index (Phi) is 6.07. The Morgan fingerprint density at radius 2 is 2.24 bits per heavy atom. The van der Waals surface area contributed by atoms with Crippen molar-refractivity contribution in [3.05, 3.63) is 28.7 Å². The van der Waals surface area contributed by atoms with Crippen LogP contribution in [0.1, 0.15) is 12.5 Å². The summed E-state index contributed by atoms with van der Waals surface area (Å²) in [5.41, 5.74) is 0.688. The lowest BCUT2D eigenvalue weighted by atomic mass is 10.1. The molecule has 0 aliphatic carbocycles. The van der Waals surface area contributed by atoms with Gasteiger partial charge in [-0.3, -0.25) is 9.69 Å². The van der Waals surface area contributed by atoms with Crippen LogP contribution in [-0.2, 0) is 9.59 Å². The number of thioether (sulfide) groups is 1. The highest BCUT2D eigenvalue weighted by Gasteiger charge is 2.38. The first-order valence-corrected chi connectivity index (χ1v) is 8.35. The van der Waals surface area contributed by atoms with Gasteiger partial charge >= 0.3 is 5.97 Å². The molecule has 1 fully saturated rings. The second-order valence-corrected chi connectivity index (χ2v) is 6.64. The summed E-state index contributed by atoms with van der Waals surface area (Å²) < 4.78 is 10.8. The number of carbonyl (C=O) groups is 2. The van der Waals surface area contributed by atoms with E-state index in [9.17, 15) is 9.59 Å². The number of thiocarbonyl (C=S) groups is 1. The number of hydrogen-bond acceptors (Lipinski definition) is 6. The Balaban J connectivity index is 2.29. The van der Waals surface area contributed by atoms with Gasteiger partial charge in [0.2, 0.25) is 0 Å². The molecule has 1 aromatic rings. The summed E-state index contributed by atoms with van der Waals surface area (Å²) in [5.74, 6) is 1.78. The van der Waals surface area contributed by atoms with Crippen LogP contribution in [0.2, 0.25) is 0 Å². The summed E-state index contributed by atoms with van der Waals surface area (Å²) in [6.07, 6.45) is 6.80. The number of rotatable bonds is 6. The molecule has 1 unspecified atom stereocenters. The normalized spacial score (nSPS) is 16.7. The fourth-order valence-electron chi connectivity index (χ4n) is 2.09. The molecule has 1 atom stereocenters. The number of amides is 1. The van der Waals surface area contributed by atoms with Crippen LogP contribution in [0.3, 0.4) is 0 Å². The summed E-state index contributed by atoms with van der Waals surface area (Å²) in [4.78, 5) is 25.0. The van der Waals surface area contributed by atoms with Crippen LogP contribution in [-0.4, -0.2) is 46.0 Å². The minimum Gasteiger partial charge on any atom is -0.493 e. The van der Waals surface area contributed by atoms with E-state index < -0.39 is 17.9 Å². The zero-order valence-electron chi connectivity index (χ0n) is 13.5. The highest BCUT2D eigenvalue weighted by Crippen LogP contribution is 2.35. The first-order chi connectivity index (χ1) is 11.9. The van der Waals surface area contributed by atoms with Crippen molar-refractivity contribution in [1.82, 2.24) is 4.90 Å². The fourth-order valence-corrected chi connectivity index (χ4v) is 3.51. The van der Waals surface area contributed by atoms with Gasteiger partial charge in [0.15, 0.2) is 11.5 Å². The molecule has 0 spiro atoms. The van der Waals surface area contributed by atoms with E-state index in [4.69, 9.17) is 33.2 Å². The predicted molar refractivity (Wildman–Crippen MR) is 99.4 cm³/mol. The van der Waals surface area contributed by atoms with E-state index in [1.165, 1.54) is 14.0 Å². The molecule has 1 saturated heterocycles. The van der Waals surface area contributed by atoms with Crippen molar-refractivity contribution in [2.45, 2.75) is 13.0 Å². The highest BCUT2D eigenvalue weighted by molar-refractivity contribution is 8.26. The molecule has 1 aromatic carbocycles. The second-order valence-electron chi connectivity index (χ2n) is 4.97. The minimum absolute atomic E-state index is 0.113. The largest absolute Gasteiger partial charge is 0.493 e. The Hall–Kier alpha value is -2.50. The molecule has 1 aliphatic heterocycles. The summed E-state index contributed by atoms with van der Waals surface area (Å²) in [7, 11) is 1.50. The lowest BCUT2D eigenvalue weighted by molar-refractivity contribution is -0.144. The summed E-state index contributed by atoms with van der Waals surface area (Å²) in [5, 5.41) is 9.10. The van der Waals surface area contributed by atoms with Gasteiger partial charge in [-0.2, -0.15) is 0 Å². The van der Waals surface area contributed by atoms with Gasteiger partial charge < -0.3 is 14.6 Å². The Morgan fingerprint density at radius 1 is 1.52 bits per heavy atom. The standard InChI is InChI=1S/C17H15NO5S2/c1-4-7-23-12-6-5-11(8-13(12)22-3)9-14-15(19)18(17(24)25-14)10(2)16(20)21/h1,5-6,8-10H,7H2,2-3H3,(H,20,21)/b14-9+. The van der Waals surface area contributed by atoms with Gasteiger partial charge in [-0.1, -0.05) is 36.0 Å². The Morgan fingerprint density at radius 3 is 2.84 bits per heavy atom. The number of carbonyl (C=O) groups excluding carboxylic acids is 1. The van der Waals surface area contributed by atoms with Crippen molar-refractivity contribution in [3.8, 4) is 23.8 Å². The van der Waals surface area contributed by atoms with E-state index in [0.29, 0.717) is 22.0 Å². The Bertz CT molecular complexity index is 797. The molecule has 1 amide bonds. The molecule has 2 rings (SSSR count). The number of carboxylic acids is 1. The van der Waals surface area contributed by atoms with Gasteiger partial charge in [0.1, 0.15) is 17.0 Å². The predicted octanol–water partition coefficient (Wildman–Crippen LogP) is 2.38. The van der Waals surface area contributed by atoms with Gasteiger partial charge in [0, 0.05) is 0 Å². The van der Waals surface area contributed by atoms with Crippen LogP contribution in [0, 0.1) is 12.3 Å². The van der Waals surface area contributed by atoms with E-state index in [-0.39, 0.29) is 10.9 Å². The van der Waals surface area contributed by atoms with Crippen LogP contribution < -0.4 is 9.47 Å². The molecule has 1 heterocycles. The van der Waals surface area contributed by atoms with E-state index in [2.05, 4.69) is 5.92 Å². The van der Waals surface area contributed by atoms with E-state index in [0.717, 1.165) is 16.7 Å². The zero-order valence-corrected chi connectivity index (χ0v) is 15.1. The van der Waals surface area contributed by atoms with Crippen molar-refractivity contribution in [3.63, 3.8) is 0 Å². The Labute approximate surface area is 154 Å². The average Bonchev–Trinajstić information content (AvgIpc) is 2.86. The SMILES string of the molecule is C#CCOc1ccc(/C=C2/SC(=S)N(C(C)C(=O)O)C2=O)cc1OC. The number of ether oxygens (including phenoxy) is 2. The van der Waals surface area contributed by atoms with E-state index in [1.54, 1.807) is 24.3 Å². The van der Waals surface area contributed by atoms with Crippen molar-refractivity contribution < 1.29 is 24.2 Å². The van der Waals surface area contributed by atoms with Crippen molar-refractivity contribution in [1.29, 1.82) is 0 Å². The number of methoxy groups -OCH3 is 1. The maximum atomic E-state index is 12.4. The third-order valence-electron chi connectivity index (χ3n) is 3.36. The minimum atomic E-state index is -1.12. The molecule has 6 nitrogen and oxygen atoms in total. The van der Waals surface area contributed by atoms with Crippen molar-refractivity contribution >= 4 is 46.3 Å². The van der Waals surface area contributed by atoms with Crippen LogP contribution in [0.25, 0.3) is 6.08 Å². The third kappa shape index (κ3) is 4.13. The average molecular weight is 377 g/mol. The van der Waals surface area contributed by atoms with Crippen LogP contribution in [0.5, 0.6) is 11.5 Å². The maximum absolute atomic E-state index is 12.4. The lowest BCUT2D eigenvalue weighted by Gasteiger charge is -2.18. The number of benzene rings is 1. The second kappa shape index (κ2) is 8.05. The smallest absolute Gasteiger partial charge is 0.326 e. The summed E-state index contributed by atoms with van der Waals surface area (Å²) in [6.45, 7) is 1.53. The fraction of sp³-hybridized carbons (Fsp3) is 0.235. The molecular weight excluding hydrogens is 362 g/mol. The highest BCUT2D eigenvalue weighted by atomic mass is 32.2. The van der Waals surface area contributed by atoms with E-state index in [1.807, 2.05) is 0 Å². The molecular formula is C17H15NO5S2. The number of carboxylic acid groups (broad SMARTS) is 1. The van der Waals surface area contributed by atoms with Gasteiger partial charge in [-0.25, -0.2) is 4.79 Å². The first kappa shape index (κ1) is 18.8. The number of terminal acetylenes is 1. The molecule has 1 N–H and O–H groups in total. The molecule has 0 bridgehead atoms. The molecule has 130 valence electrons. The summed E-state index contributed by atoms with van der Waals surface area (Å²) >= 11 is 6.18. The van der Waals surface area contributed by atoms with Crippen LogP contribution >= 0.6 is 24.0 Å². The first-order valence-electron chi connectivity index (χ1n) is 7.13. The van der Waals surface area contributed by atoms with Gasteiger partial charge in [-0.15, -0.1) is 6.42 Å².